The smallest absolute Gasteiger partial charge is 0.326 e. The van der Waals surface area contributed by atoms with E-state index < -0.39 is 73.1 Å². The van der Waals surface area contributed by atoms with Crippen LogP contribution in [0, 0.1) is 0 Å². The SMILES string of the molecule is NC(CC(=O)O)C(=O)NCC(=O)NC(Cc1ccccc1)C(=O)NC(CC(=O)O)C(=O)O. The summed E-state index contributed by atoms with van der Waals surface area (Å²) in [7, 11) is 0. The fourth-order valence-electron chi connectivity index (χ4n) is 2.53. The number of aliphatic carboxylic acids is 3. The first-order valence-corrected chi connectivity index (χ1v) is 9.33. The molecule has 0 heterocycles. The molecule has 32 heavy (non-hydrogen) atoms. The molecule has 3 amide bonds. The molecule has 0 aliphatic heterocycles. The van der Waals surface area contributed by atoms with E-state index in [4.69, 9.17) is 21.1 Å². The molecule has 8 N–H and O–H groups in total. The summed E-state index contributed by atoms with van der Waals surface area (Å²) in [6, 6.07) is 4.02. The first-order valence-electron chi connectivity index (χ1n) is 9.33. The highest BCUT2D eigenvalue weighted by Gasteiger charge is 2.28. The standard InChI is InChI=1S/C19H24N4O9/c20-11(7-15(25)26)17(29)21-9-14(24)22-12(6-10-4-2-1-3-5-10)18(30)23-13(19(31)32)8-16(27)28/h1-5,11-13H,6-9,20H2,(H,21,29)(H,22,24)(H,23,30)(H,25,26)(H,27,28)(H,31,32). The molecule has 0 saturated heterocycles. The van der Waals surface area contributed by atoms with Crippen LogP contribution in [-0.4, -0.2) is 75.6 Å². The van der Waals surface area contributed by atoms with Gasteiger partial charge in [0.2, 0.25) is 17.7 Å². The van der Waals surface area contributed by atoms with Gasteiger partial charge in [0.15, 0.2) is 0 Å². The van der Waals surface area contributed by atoms with Crippen LogP contribution in [0.4, 0.5) is 0 Å². The average molecular weight is 452 g/mol. The Hall–Kier alpha value is -4.00. The number of amides is 3. The van der Waals surface area contributed by atoms with Crippen LogP contribution in [0.15, 0.2) is 30.3 Å². The van der Waals surface area contributed by atoms with Gasteiger partial charge in [0, 0.05) is 6.42 Å². The van der Waals surface area contributed by atoms with Gasteiger partial charge in [-0.25, -0.2) is 4.79 Å². The van der Waals surface area contributed by atoms with Crippen molar-refractivity contribution in [2.24, 2.45) is 5.73 Å². The number of carbonyl (C=O) groups is 6. The Bertz CT molecular complexity index is 860. The third-order valence-corrected chi connectivity index (χ3v) is 4.08. The summed E-state index contributed by atoms with van der Waals surface area (Å²) < 4.78 is 0. The summed E-state index contributed by atoms with van der Waals surface area (Å²) in [5.74, 6) is -6.97. The number of hydrogen-bond donors (Lipinski definition) is 7. The minimum atomic E-state index is -1.72. The van der Waals surface area contributed by atoms with Gasteiger partial charge in [0.1, 0.15) is 12.1 Å². The molecule has 0 aliphatic rings. The fourth-order valence-corrected chi connectivity index (χ4v) is 2.53. The Balaban J connectivity index is 2.84. The molecular formula is C19H24N4O9. The van der Waals surface area contributed by atoms with E-state index in [1.807, 2.05) is 0 Å². The van der Waals surface area contributed by atoms with Crippen molar-refractivity contribution in [3.05, 3.63) is 35.9 Å². The molecule has 174 valence electrons. The van der Waals surface area contributed by atoms with Crippen molar-refractivity contribution in [2.75, 3.05) is 6.54 Å². The third kappa shape index (κ3) is 9.67. The zero-order chi connectivity index (χ0) is 24.3. The van der Waals surface area contributed by atoms with Crippen LogP contribution in [0.25, 0.3) is 0 Å². The molecule has 1 rings (SSSR count). The van der Waals surface area contributed by atoms with Crippen LogP contribution >= 0.6 is 0 Å². The fraction of sp³-hybridized carbons (Fsp3) is 0.368. The molecule has 13 nitrogen and oxygen atoms in total. The van der Waals surface area contributed by atoms with Gasteiger partial charge in [-0.3, -0.25) is 24.0 Å². The lowest BCUT2D eigenvalue weighted by Crippen LogP contribution is -2.54. The highest BCUT2D eigenvalue weighted by Crippen LogP contribution is 2.05. The van der Waals surface area contributed by atoms with E-state index in [-0.39, 0.29) is 6.42 Å². The van der Waals surface area contributed by atoms with Gasteiger partial charge in [-0.15, -0.1) is 0 Å². The lowest BCUT2D eigenvalue weighted by Gasteiger charge is -2.21. The quantitative estimate of drug-likeness (QED) is 0.169. The van der Waals surface area contributed by atoms with Crippen LogP contribution in [0.2, 0.25) is 0 Å². The number of hydrogen-bond acceptors (Lipinski definition) is 7. The largest absolute Gasteiger partial charge is 0.481 e. The Labute approximate surface area is 182 Å². The van der Waals surface area contributed by atoms with Gasteiger partial charge in [0.05, 0.1) is 25.4 Å². The number of benzene rings is 1. The Morgan fingerprint density at radius 3 is 1.94 bits per heavy atom. The summed E-state index contributed by atoms with van der Waals surface area (Å²) >= 11 is 0. The van der Waals surface area contributed by atoms with E-state index >= 15 is 0 Å². The normalized spacial score (nSPS) is 13.2. The number of carboxylic acids is 3. The zero-order valence-corrected chi connectivity index (χ0v) is 16.8. The lowest BCUT2D eigenvalue weighted by molar-refractivity contribution is -0.147. The van der Waals surface area contributed by atoms with Crippen molar-refractivity contribution in [1.82, 2.24) is 16.0 Å². The summed E-state index contributed by atoms with van der Waals surface area (Å²) in [5.41, 5.74) is 6.00. The molecular weight excluding hydrogens is 428 g/mol. The average Bonchev–Trinajstić information content (AvgIpc) is 2.70. The Kier molecular flexibility index (Phi) is 10.3. The maximum Gasteiger partial charge on any atom is 0.326 e. The highest BCUT2D eigenvalue weighted by atomic mass is 16.4. The first-order chi connectivity index (χ1) is 15.0. The molecule has 1 aromatic carbocycles. The van der Waals surface area contributed by atoms with E-state index in [1.54, 1.807) is 30.3 Å². The highest BCUT2D eigenvalue weighted by molar-refractivity contribution is 5.94. The lowest BCUT2D eigenvalue weighted by atomic mass is 10.0. The van der Waals surface area contributed by atoms with Crippen molar-refractivity contribution >= 4 is 35.6 Å². The third-order valence-electron chi connectivity index (χ3n) is 4.08. The van der Waals surface area contributed by atoms with Crippen molar-refractivity contribution in [3.63, 3.8) is 0 Å². The maximum atomic E-state index is 12.6. The van der Waals surface area contributed by atoms with Gasteiger partial charge >= 0.3 is 17.9 Å². The van der Waals surface area contributed by atoms with Crippen molar-refractivity contribution < 1.29 is 44.1 Å². The van der Waals surface area contributed by atoms with E-state index in [9.17, 15) is 28.8 Å². The monoisotopic (exact) mass is 452 g/mol. The molecule has 0 aliphatic carbocycles. The van der Waals surface area contributed by atoms with Crippen molar-refractivity contribution in [3.8, 4) is 0 Å². The molecule has 3 atom stereocenters. The van der Waals surface area contributed by atoms with E-state index in [2.05, 4.69) is 16.0 Å². The molecule has 0 spiro atoms. The molecule has 0 saturated carbocycles. The summed E-state index contributed by atoms with van der Waals surface area (Å²) in [6.45, 7) is -0.623. The van der Waals surface area contributed by atoms with Gasteiger partial charge in [-0.05, 0) is 5.56 Å². The van der Waals surface area contributed by atoms with E-state index in [1.165, 1.54) is 0 Å². The number of carboxylic acid groups (broad SMARTS) is 3. The van der Waals surface area contributed by atoms with E-state index in [0.717, 1.165) is 0 Å². The minimum absolute atomic E-state index is 0.0513. The van der Waals surface area contributed by atoms with Crippen LogP contribution in [-0.2, 0) is 35.2 Å². The number of nitrogens with two attached hydrogens (primary N) is 1. The van der Waals surface area contributed by atoms with Crippen molar-refractivity contribution in [2.45, 2.75) is 37.4 Å². The molecule has 0 fully saturated rings. The Morgan fingerprint density at radius 1 is 0.812 bits per heavy atom. The molecule has 0 bridgehead atoms. The van der Waals surface area contributed by atoms with E-state index in [0.29, 0.717) is 5.56 Å². The zero-order valence-electron chi connectivity index (χ0n) is 16.8. The molecule has 13 heteroatoms. The van der Waals surface area contributed by atoms with Gasteiger partial charge in [-0.1, -0.05) is 30.3 Å². The van der Waals surface area contributed by atoms with Crippen LogP contribution in [0.1, 0.15) is 18.4 Å². The van der Waals surface area contributed by atoms with Crippen LogP contribution < -0.4 is 21.7 Å². The van der Waals surface area contributed by atoms with Gasteiger partial charge < -0.3 is 37.0 Å². The predicted molar refractivity (Wildman–Crippen MR) is 107 cm³/mol. The number of carbonyl (C=O) groups excluding carboxylic acids is 3. The molecule has 1 aromatic rings. The Morgan fingerprint density at radius 2 is 1.41 bits per heavy atom. The summed E-state index contributed by atoms with van der Waals surface area (Å²) in [4.78, 5) is 69.2. The number of rotatable bonds is 13. The molecule has 3 unspecified atom stereocenters. The number of nitrogens with one attached hydrogen (secondary N) is 3. The second-order valence-corrected chi connectivity index (χ2v) is 6.73. The molecule has 0 aromatic heterocycles. The van der Waals surface area contributed by atoms with Crippen LogP contribution in [0.5, 0.6) is 0 Å². The first kappa shape index (κ1) is 26.0. The minimum Gasteiger partial charge on any atom is -0.481 e. The second-order valence-electron chi connectivity index (χ2n) is 6.73. The predicted octanol–water partition coefficient (Wildman–Crippen LogP) is -2.32. The summed E-state index contributed by atoms with van der Waals surface area (Å²) in [5, 5.41) is 33.1. The maximum absolute atomic E-state index is 12.6. The summed E-state index contributed by atoms with van der Waals surface area (Å²) in [6.07, 6.45) is -1.57. The molecule has 0 radical (unpaired) electrons. The van der Waals surface area contributed by atoms with Crippen LogP contribution in [0.3, 0.4) is 0 Å². The topological polar surface area (TPSA) is 225 Å². The van der Waals surface area contributed by atoms with Crippen molar-refractivity contribution in [1.29, 1.82) is 0 Å². The van der Waals surface area contributed by atoms with Gasteiger partial charge in [-0.2, -0.15) is 0 Å². The second kappa shape index (κ2) is 12.6. The van der Waals surface area contributed by atoms with Gasteiger partial charge in [0.25, 0.3) is 0 Å².